The molecule has 0 saturated carbocycles. The Kier molecular flexibility index (Phi) is 20.3. The van der Waals surface area contributed by atoms with Crippen LogP contribution in [0.2, 0.25) is 0 Å². The van der Waals surface area contributed by atoms with Gasteiger partial charge in [-0.2, -0.15) is 18.7 Å². The van der Waals surface area contributed by atoms with Crippen LogP contribution in [0.1, 0.15) is 110 Å². The molecule has 396 valence electrons. The molecule has 6 aromatic rings. The van der Waals surface area contributed by atoms with E-state index < -0.39 is 11.7 Å². The van der Waals surface area contributed by atoms with Gasteiger partial charge in [-0.3, -0.25) is 0 Å². The number of allylic oxidation sites excluding steroid dienone is 2. The SMILES string of the molecule is C=C(NC(F)(F)F)C1(CCCCN2CCC(c3ccccc3-c3ccc(C)cc3)CC2)c2ccccc2-c2ccccc21.C=CNCCCCCN(C)CCCCC1(C=C)c2ccccc2-c2ccccc21.CNF. The lowest BCUT2D eigenvalue weighted by atomic mass is 9.72. The van der Waals surface area contributed by atoms with Gasteiger partial charge in [0.05, 0.1) is 5.41 Å². The van der Waals surface area contributed by atoms with Crippen LogP contribution in [0.25, 0.3) is 33.4 Å². The van der Waals surface area contributed by atoms with Crippen molar-refractivity contribution in [3.05, 3.63) is 217 Å². The smallest absolute Gasteiger partial charge is 0.391 e. The Bertz CT molecular complexity index is 2680. The van der Waals surface area contributed by atoms with Crippen molar-refractivity contribution in [2.45, 2.75) is 101 Å². The molecule has 1 heterocycles. The lowest BCUT2D eigenvalue weighted by Gasteiger charge is -2.36. The number of hydrogen-bond acceptors (Lipinski definition) is 5. The summed E-state index contributed by atoms with van der Waals surface area (Å²) >= 11 is 0. The summed E-state index contributed by atoms with van der Waals surface area (Å²) in [5, 5.41) is 4.98. The van der Waals surface area contributed by atoms with Crippen LogP contribution in [0.3, 0.4) is 0 Å². The molecule has 0 radical (unpaired) electrons. The molecule has 6 aromatic carbocycles. The number of piperidine rings is 1. The van der Waals surface area contributed by atoms with Gasteiger partial charge in [-0.25, -0.2) is 0 Å². The first kappa shape index (κ1) is 56.5. The van der Waals surface area contributed by atoms with E-state index in [2.05, 4.69) is 152 Å². The molecule has 0 atom stereocenters. The fourth-order valence-corrected chi connectivity index (χ4v) is 12.1. The summed E-state index contributed by atoms with van der Waals surface area (Å²) in [6, 6.07) is 51.0. The third-order valence-corrected chi connectivity index (χ3v) is 15.8. The quantitative estimate of drug-likeness (QED) is 0.0208. The molecular formula is C66H79F4N5. The molecule has 9 heteroatoms. The monoisotopic (exact) mass is 1020 g/mol. The van der Waals surface area contributed by atoms with Crippen molar-refractivity contribution in [2.75, 3.05) is 53.4 Å². The molecule has 1 aliphatic heterocycles. The van der Waals surface area contributed by atoms with Gasteiger partial charge in [0, 0.05) is 24.7 Å². The summed E-state index contributed by atoms with van der Waals surface area (Å²) in [5.74, 6) is 0.528. The van der Waals surface area contributed by atoms with Crippen molar-refractivity contribution in [3.63, 3.8) is 0 Å². The predicted octanol–water partition coefficient (Wildman–Crippen LogP) is 15.8. The Balaban J connectivity index is 0.000000223. The molecule has 3 N–H and O–H groups in total. The molecule has 0 bridgehead atoms. The molecule has 0 unspecified atom stereocenters. The van der Waals surface area contributed by atoms with Crippen LogP contribution < -0.4 is 16.2 Å². The molecule has 0 amide bonds. The maximum absolute atomic E-state index is 13.6. The highest BCUT2D eigenvalue weighted by Crippen LogP contribution is 2.55. The summed E-state index contributed by atoms with van der Waals surface area (Å²) in [6.45, 7) is 20.5. The van der Waals surface area contributed by atoms with Gasteiger partial charge in [0.15, 0.2) is 0 Å². The molecule has 0 aromatic heterocycles. The third-order valence-electron chi connectivity index (χ3n) is 15.8. The van der Waals surface area contributed by atoms with E-state index in [-0.39, 0.29) is 11.1 Å². The van der Waals surface area contributed by atoms with Gasteiger partial charge in [0.25, 0.3) is 0 Å². The lowest BCUT2D eigenvalue weighted by molar-refractivity contribution is -0.151. The van der Waals surface area contributed by atoms with Gasteiger partial charge in [0.2, 0.25) is 0 Å². The minimum atomic E-state index is -4.54. The van der Waals surface area contributed by atoms with Crippen LogP contribution >= 0.6 is 0 Å². The molecule has 75 heavy (non-hydrogen) atoms. The molecule has 1 fully saturated rings. The van der Waals surface area contributed by atoms with Crippen molar-refractivity contribution in [2.24, 2.45) is 0 Å². The normalized spacial score (nSPS) is 15.0. The number of hydrogen-bond donors (Lipinski definition) is 3. The minimum absolute atomic E-state index is 0.00505. The number of unbranched alkanes of at least 4 members (excludes halogenated alkanes) is 4. The summed E-state index contributed by atoms with van der Waals surface area (Å²) < 4.78 is 50.9. The fourth-order valence-electron chi connectivity index (χ4n) is 12.1. The van der Waals surface area contributed by atoms with E-state index in [0.717, 1.165) is 80.5 Å². The molecule has 3 aliphatic rings. The Morgan fingerprint density at radius 2 is 1.12 bits per heavy atom. The number of alkyl halides is 3. The molecule has 2 aliphatic carbocycles. The minimum Gasteiger partial charge on any atom is -0.391 e. The first-order valence-corrected chi connectivity index (χ1v) is 27.2. The number of nitrogens with zero attached hydrogens (tertiary/aromatic N) is 2. The topological polar surface area (TPSA) is 42.6 Å². The van der Waals surface area contributed by atoms with E-state index in [1.807, 2.05) is 53.8 Å². The number of halogens is 4. The van der Waals surface area contributed by atoms with E-state index in [9.17, 15) is 17.7 Å². The average Bonchev–Trinajstić information content (AvgIpc) is 3.89. The fraction of sp³-hybridized carbons (Fsp3) is 0.364. The molecular weight excluding hydrogens is 939 g/mol. The number of rotatable bonds is 22. The maximum atomic E-state index is 13.6. The summed E-state index contributed by atoms with van der Waals surface area (Å²) in [7, 11) is 3.46. The van der Waals surface area contributed by atoms with Crippen molar-refractivity contribution in [1.82, 2.24) is 26.0 Å². The van der Waals surface area contributed by atoms with Crippen LogP contribution in [0.15, 0.2) is 183 Å². The zero-order valence-electron chi connectivity index (χ0n) is 44.6. The number of nitrogens with one attached hydrogen (secondary N) is 3. The van der Waals surface area contributed by atoms with Gasteiger partial charge in [0.1, 0.15) is 0 Å². The van der Waals surface area contributed by atoms with Crippen LogP contribution in [-0.2, 0) is 10.8 Å². The second-order valence-electron chi connectivity index (χ2n) is 20.6. The van der Waals surface area contributed by atoms with Crippen molar-refractivity contribution in [3.8, 4) is 33.4 Å². The second kappa shape index (κ2) is 27.0. The molecule has 5 nitrogen and oxygen atoms in total. The van der Waals surface area contributed by atoms with Crippen LogP contribution in [-0.4, -0.2) is 69.5 Å². The number of fused-ring (bicyclic) bond motifs is 6. The van der Waals surface area contributed by atoms with Crippen LogP contribution in [0.5, 0.6) is 0 Å². The van der Waals surface area contributed by atoms with E-state index in [0.29, 0.717) is 12.3 Å². The second-order valence-corrected chi connectivity index (χ2v) is 20.6. The molecule has 0 spiro atoms. The van der Waals surface area contributed by atoms with Crippen molar-refractivity contribution >= 4 is 0 Å². The summed E-state index contributed by atoms with van der Waals surface area (Å²) in [4.78, 5) is 5.01. The van der Waals surface area contributed by atoms with Crippen molar-refractivity contribution < 1.29 is 17.7 Å². The number of likely N-dealkylation sites (tertiary alicyclic amines) is 1. The zero-order chi connectivity index (χ0) is 53.3. The zero-order valence-corrected chi connectivity index (χ0v) is 44.6. The largest absolute Gasteiger partial charge is 0.482 e. The average molecular weight is 1020 g/mol. The maximum Gasteiger partial charge on any atom is 0.482 e. The highest BCUT2D eigenvalue weighted by molar-refractivity contribution is 5.83. The van der Waals surface area contributed by atoms with Gasteiger partial charge < -0.3 is 20.4 Å². The lowest BCUT2D eigenvalue weighted by Crippen LogP contribution is -2.41. The van der Waals surface area contributed by atoms with E-state index in [1.54, 1.807) is 6.20 Å². The van der Waals surface area contributed by atoms with Crippen LogP contribution in [0, 0.1) is 6.92 Å². The highest BCUT2D eigenvalue weighted by atomic mass is 19.4. The highest BCUT2D eigenvalue weighted by Gasteiger charge is 2.47. The first-order chi connectivity index (χ1) is 36.4. The first-order valence-electron chi connectivity index (χ1n) is 27.2. The van der Waals surface area contributed by atoms with Gasteiger partial charge in [-0.1, -0.05) is 190 Å². The van der Waals surface area contributed by atoms with Gasteiger partial charge in [-0.05, 0) is 171 Å². The predicted molar refractivity (Wildman–Crippen MR) is 306 cm³/mol. The van der Waals surface area contributed by atoms with E-state index in [4.69, 9.17) is 0 Å². The third kappa shape index (κ3) is 13.6. The van der Waals surface area contributed by atoms with E-state index in [1.165, 1.54) is 102 Å². The number of aryl methyl sites for hydroxylation is 1. The Labute approximate surface area is 445 Å². The Hall–Kier alpha value is -6.26. The number of benzene rings is 6. The van der Waals surface area contributed by atoms with Crippen LogP contribution in [0.4, 0.5) is 17.7 Å². The van der Waals surface area contributed by atoms with E-state index >= 15 is 0 Å². The summed E-state index contributed by atoms with van der Waals surface area (Å²) in [5.41, 5.74) is 15.0. The van der Waals surface area contributed by atoms with Gasteiger partial charge >= 0.3 is 6.30 Å². The standard InChI is InChI=1S/C38H39F3N2.C27H36N2.CH4FN/c1-27-17-19-29(20-18-27)31-11-3-4-12-32(31)30-21-25-43(26-22-30)24-10-9-23-37(28(2)42-38(39,40)41)35-15-7-5-13-33(35)34-14-6-8-16-36(34)37;1-4-27(19-11-14-22-29(3)21-13-6-12-20-28-5-2)25-17-9-7-15-23(25)24-16-8-10-18-26(24)27;1-3-2/h3-8,11-20,30,42H,2,9-10,21-26H2,1H3;4-5,7-10,15-18,28H,1-2,6,11-14,19-22H2,3H3;3H,1H3. The summed E-state index contributed by atoms with van der Waals surface area (Å²) in [6.07, 6.45) is 11.3. The van der Waals surface area contributed by atoms with Crippen molar-refractivity contribution in [1.29, 1.82) is 0 Å². The Morgan fingerprint density at radius 1 is 0.640 bits per heavy atom. The van der Waals surface area contributed by atoms with Gasteiger partial charge in [-0.15, -0.1) is 11.1 Å². The molecule has 9 rings (SSSR count). The molecule has 1 saturated heterocycles. The Morgan fingerprint density at radius 3 is 1.65 bits per heavy atom.